The number of carbonyl (C=O) groups excluding carboxylic acids is 2. The molecule has 0 spiro atoms. The van der Waals surface area contributed by atoms with Crippen molar-refractivity contribution in [1.29, 1.82) is 0 Å². The third-order valence-corrected chi connectivity index (χ3v) is 8.21. The molecular weight excluding hydrogens is 663 g/mol. The molecule has 0 aliphatic rings. The number of esters is 2. The zero-order valence-corrected chi connectivity index (χ0v) is 32.6. The Morgan fingerprint density at radius 3 is 1.53 bits per heavy atom. The molecule has 0 radical (unpaired) electrons. The van der Waals surface area contributed by atoms with Gasteiger partial charge in [-0.1, -0.05) is 150 Å². The summed E-state index contributed by atoms with van der Waals surface area (Å²) in [5.41, 5.74) is 0. The van der Waals surface area contributed by atoms with Gasteiger partial charge in [-0.15, -0.1) is 0 Å². The summed E-state index contributed by atoms with van der Waals surface area (Å²) in [6.45, 7) is 3.39. The molecule has 0 aliphatic heterocycles. The lowest BCUT2D eigenvalue weighted by Gasteiger charge is -2.18. The first-order valence-electron chi connectivity index (χ1n) is 19.4. The van der Waals surface area contributed by atoms with Crippen molar-refractivity contribution in [2.24, 2.45) is 0 Å². The van der Waals surface area contributed by atoms with E-state index in [-0.39, 0.29) is 19.4 Å². The largest absolute Gasteiger partial charge is 0.469 e. The average molecular weight is 733 g/mol. The molecule has 0 fully saturated rings. The van der Waals surface area contributed by atoms with Crippen molar-refractivity contribution in [2.75, 3.05) is 13.2 Å². The van der Waals surface area contributed by atoms with E-state index in [0.717, 1.165) is 89.9 Å². The minimum atomic E-state index is -4.76. The van der Waals surface area contributed by atoms with E-state index in [2.05, 4.69) is 85.2 Å². The first kappa shape index (κ1) is 48.2. The fourth-order valence-electron chi connectivity index (χ4n) is 4.89. The van der Waals surface area contributed by atoms with Crippen LogP contribution < -0.4 is 0 Å². The van der Waals surface area contributed by atoms with Gasteiger partial charge in [0.15, 0.2) is 6.10 Å². The van der Waals surface area contributed by atoms with Gasteiger partial charge in [0.05, 0.1) is 6.61 Å². The van der Waals surface area contributed by atoms with Crippen LogP contribution in [0.4, 0.5) is 0 Å². The summed E-state index contributed by atoms with van der Waals surface area (Å²) in [6.07, 6.45) is 48.7. The number of phosphoric ester groups is 1. The monoisotopic (exact) mass is 732 g/mol. The van der Waals surface area contributed by atoms with Gasteiger partial charge in [-0.05, 0) is 70.6 Å². The molecule has 0 aliphatic carbocycles. The molecule has 0 aromatic heterocycles. The molecule has 2 N–H and O–H groups in total. The highest BCUT2D eigenvalue weighted by atomic mass is 31.2. The van der Waals surface area contributed by atoms with Crippen LogP contribution in [0.25, 0.3) is 0 Å². The van der Waals surface area contributed by atoms with E-state index in [1.54, 1.807) is 0 Å². The standard InChI is InChI=1S/C42H69O8P/c1-3-5-7-9-11-13-15-17-18-19-20-21-22-23-25-26-28-30-32-34-36-41(43)48-38-40(39-49-51(45,46)47)50-42(44)37-35-33-31-29-27-24-16-14-12-10-8-6-4-2/h5-8,10-14,16-18,20-21,40H,3-4,9,15,19,22-39H2,1-2H3,(H2,45,46,47)/b7-5+,8-6+,12-10+,13-11+,16-14+,18-17+,21-20+. The van der Waals surface area contributed by atoms with Crippen LogP contribution in [0.2, 0.25) is 0 Å². The molecular formula is C42H69O8P. The second-order valence-electron chi connectivity index (χ2n) is 12.6. The van der Waals surface area contributed by atoms with Crippen LogP contribution in [0.3, 0.4) is 0 Å². The summed E-state index contributed by atoms with van der Waals surface area (Å²) >= 11 is 0. The first-order chi connectivity index (χ1) is 24.8. The van der Waals surface area contributed by atoms with Crippen LogP contribution in [-0.4, -0.2) is 41.0 Å². The topological polar surface area (TPSA) is 119 Å². The summed E-state index contributed by atoms with van der Waals surface area (Å²) in [5, 5.41) is 0. The first-order valence-corrected chi connectivity index (χ1v) is 20.9. The average Bonchev–Trinajstić information content (AvgIpc) is 3.10. The third kappa shape index (κ3) is 39.9. The van der Waals surface area contributed by atoms with Gasteiger partial charge in [0.1, 0.15) is 6.61 Å². The quantitative estimate of drug-likeness (QED) is 0.0221. The summed E-state index contributed by atoms with van der Waals surface area (Å²) in [4.78, 5) is 42.7. The van der Waals surface area contributed by atoms with Crippen molar-refractivity contribution >= 4 is 19.8 Å². The van der Waals surface area contributed by atoms with Gasteiger partial charge in [0.25, 0.3) is 0 Å². The molecule has 0 rings (SSSR count). The Kier molecular flexibility index (Phi) is 35.0. The number of hydrogen-bond acceptors (Lipinski definition) is 6. The Hall–Kier alpha value is -2.77. The molecule has 290 valence electrons. The van der Waals surface area contributed by atoms with Crippen LogP contribution in [0, 0.1) is 0 Å². The molecule has 0 saturated carbocycles. The van der Waals surface area contributed by atoms with Gasteiger partial charge in [-0.2, -0.15) is 0 Å². The smallest absolute Gasteiger partial charge is 0.462 e. The second kappa shape index (κ2) is 37.0. The number of ether oxygens (including phenoxy) is 2. The lowest BCUT2D eigenvalue weighted by atomic mass is 10.1. The molecule has 0 aromatic carbocycles. The number of phosphoric acid groups is 1. The molecule has 8 nitrogen and oxygen atoms in total. The predicted molar refractivity (Wildman–Crippen MR) is 211 cm³/mol. The number of carbonyl (C=O) groups is 2. The van der Waals surface area contributed by atoms with Crippen molar-refractivity contribution in [3.05, 3.63) is 85.1 Å². The SMILES string of the molecule is CC/C=C/C=C/C=C/CCCCCCCC(=O)OC(COC(=O)CCCCCCCCC/C=C/C/C=C/C/C=C/C/C=C/CC)COP(=O)(O)O. The van der Waals surface area contributed by atoms with E-state index in [0.29, 0.717) is 12.8 Å². The number of allylic oxidation sites excluding steroid dienone is 14. The van der Waals surface area contributed by atoms with Crippen molar-refractivity contribution < 1.29 is 37.9 Å². The maximum atomic E-state index is 12.3. The number of hydrogen-bond donors (Lipinski definition) is 2. The predicted octanol–water partition coefficient (Wildman–Crippen LogP) is 11.7. The van der Waals surface area contributed by atoms with Crippen molar-refractivity contribution in [2.45, 2.75) is 155 Å². The maximum absolute atomic E-state index is 12.3. The molecule has 0 amide bonds. The molecule has 0 saturated heterocycles. The minimum Gasteiger partial charge on any atom is -0.462 e. The highest BCUT2D eigenvalue weighted by molar-refractivity contribution is 7.46. The van der Waals surface area contributed by atoms with Gasteiger partial charge in [-0.25, -0.2) is 4.57 Å². The number of unbranched alkanes of at least 4 members (excludes halogenated alkanes) is 12. The highest BCUT2D eigenvalue weighted by Gasteiger charge is 2.22. The zero-order chi connectivity index (χ0) is 37.5. The second-order valence-corrected chi connectivity index (χ2v) is 13.8. The Morgan fingerprint density at radius 2 is 0.980 bits per heavy atom. The molecule has 1 unspecified atom stereocenters. The maximum Gasteiger partial charge on any atom is 0.469 e. The van der Waals surface area contributed by atoms with Gasteiger partial charge >= 0.3 is 19.8 Å². The van der Waals surface area contributed by atoms with E-state index in [1.165, 1.54) is 19.3 Å². The van der Waals surface area contributed by atoms with Crippen LogP contribution >= 0.6 is 7.82 Å². The minimum absolute atomic E-state index is 0.181. The molecule has 0 heterocycles. The number of rotatable bonds is 34. The van der Waals surface area contributed by atoms with Gasteiger partial charge < -0.3 is 19.3 Å². The van der Waals surface area contributed by atoms with E-state index in [9.17, 15) is 14.2 Å². The van der Waals surface area contributed by atoms with Crippen LogP contribution in [0.5, 0.6) is 0 Å². The van der Waals surface area contributed by atoms with Crippen LogP contribution in [0.1, 0.15) is 149 Å². The third-order valence-electron chi connectivity index (χ3n) is 7.72. The van der Waals surface area contributed by atoms with Crippen molar-refractivity contribution in [3.8, 4) is 0 Å². The molecule has 0 bridgehead atoms. The molecule has 1 atom stereocenters. The molecule has 51 heavy (non-hydrogen) atoms. The highest BCUT2D eigenvalue weighted by Crippen LogP contribution is 2.36. The fourth-order valence-corrected chi connectivity index (χ4v) is 5.25. The van der Waals surface area contributed by atoms with E-state index in [1.807, 2.05) is 18.2 Å². The Labute approximate surface area is 310 Å². The Morgan fingerprint density at radius 1 is 0.529 bits per heavy atom. The molecule has 9 heteroatoms. The molecule has 0 aromatic rings. The van der Waals surface area contributed by atoms with Crippen molar-refractivity contribution in [3.63, 3.8) is 0 Å². The van der Waals surface area contributed by atoms with Gasteiger partial charge in [0, 0.05) is 12.8 Å². The van der Waals surface area contributed by atoms with Gasteiger partial charge in [-0.3, -0.25) is 14.1 Å². The lowest BCUT2D eigenvalue weighted by Crippen LogP contribution is -2.29. The van der Waals surface area contributed by atoms with E-state index < -0.39 is 32.5 Å². The summed E-state index contributed by atoms with van der Waals surface area (Å²) in [7, 11) is -4.76. The summed E-state index contributed by atoms with van der Waals surface area (Å²) < 4.78 is 26.3. The van der Waals surface area contributed by atoms with Gasteiger partial charge in [0.2, 0.25) is 0 Å². The van der Waals surface area contributed by atoms with Crippen molar-refractivity contribution in [1.82, 2.24) is 0 Å². The lowest BCUT2D eigenvalue weighted by molar-refractivity contribution is -0.161. The van der Waals surface area contributed by atoms with E-state index in [4.69, 9.17) is 19.3 Å². The Bertz CT molecular complexity index is 1100. The summed E-state index contributed by atoms with van der Waals surface area (Å²) in [6, 6.07) is 0. The summed E-state index contributed by atoms with van der Waals surface area (Å²) in [5.74, 6) is -0.931. The van der Waals surface area contributed by atoms with Crippen LogP contribution in [-0.2, 0) is 28.2 Å². The van der Waals surface area contributed by atoms with E-state index >= 15 is 0 Å². The fraction of sp³-hybridized carbons (Fsp3) is 0.619. The van der Waals surface area contributed by atoms with Crippen LogP contribution in [0.15, 0.2) is 85.1 Å². The Balaban J connectivity index is 3.99. The zero-order valence-electron chi connectivity index (χ0n) is 31.7. The normalized spacial score (nSPS) is 13.4.